The molecule has 0 N–H and O–H groups in total. The number of amides is 1. The average molecular weight is 501 g/mol. The van der Waals surface area contributed by atoms with E-state index in [1.807, 2.05) is 48.5 Å². The van der Waals surface area contributed by atoms with Gasteiger partial charge in [-0.25, -0.2) is 14.5 Å². The van der Waals surface area contributed by atoms with E-state index < -0.39 is 12.0 Å². The summed E-state index contributed by atoms with van der Waals surface area (Å²) in [4.78, 5) is 33.9. The van der Waals surface area contributed by atoms with Crippen LogP contribution in [0, 0.1) is 0 Å². The third-order valence-corrected chi connectivity index (χ3v) is 5.66. The summed E-state index contributed by atoms with van der Waals surface area (Å²) in [5.41, 5.74) is 2.27. The number of esters is 1. The Kier molecular flexibility index (Phi) is 5.66. The maximum absolute atomic E-state index is 12.7. The fourth-order valence-electron chi connectivity index (χ4n) is 3.51. The molecule has 0 saturated carbocycles. The van der Waals surface area contributed by atoms with E-state index in [0.29, 0.717) is 27.7 Å². The molecule has 8 heteroatoms. The smallest absolute Gasteiger partial charge is 0.338 e. The number of carbonyl (C=O) groups excluding carboxylic acids is 2. The van der Waals surface area contributed by atoms with Gasteiger partial charge in [0.05, 0.1) is 33.4 Å². The SMILES string of the molecule is O=C(OCc1cc(C2N=c3ccccc3=NC2=O)nn1-c1ccc(Br)cc1)c1ccccc1. The monoisotopic (exact) mass is 500 g/mol. The minimum absolute atomic E-state index is 0.0224. The quantitative estimate of drug-likeness (QED) is 0.392. The maximum atomic E-state index is 12.7. The lowest BCUT2D eigenvalue weighted by molar-refractivity contribution is -0.119. The number of ether oxygens (including phenoxy) is 1. The first-order valence-corrected chi connectivity index (χ1v) is 11.0. The first-order chi connectivity index (χ1) is 16.1. The molecule has 3 aromatic carbocycles. The highest BCUT2D eigenvalue weighted by Gasteiger charge is 2.26. The zero-order chi connectivity index (χ0) is 22.8. The molecule has 1 unspecified atom stereocenters. The second kappa shape index (κ2) is 8.91. The predicted octanol–water partition coefficient (Wildman–Crippen LogP) is 3.51. The molecule has 2 heterocycles. The summed E-state index contributed by atoms with van der Waals surface area (Å²) in [5, 5.41) is 5.82. The standard InChI is InChI=1S/C25H17BrN4O3/c26-17-10-12-18(13-11-17)30-19(15-33-25(32)16-6-2-1-3-7-16)14-22(29-30)23-24(31)28-21-9-5-4-8-20(21)27-23/h1-14,23H,15H2. The van der Waals surface area contributed by atoms with Gasteiger partial charge in [0, 0.05) is 4.47 Å². The molecule has 0 radical (unpaired) electrons. The number of benzene rings is 3. The van der Waals surface area contributed by atoms with E-state index in [9.17, 15) is 9.59 Å². The van der Waals surface area contributed by atoms with Gasteiger partial charge in [0.2, 0.25) is 0 Å². The van der Waals surface area contributed by atoms with E-state index in [1.54, 1.807) is 41.1 Å². The summed E-state index contributed by atoms with van der Waals surface area (Å²) >= 11 is 3.43. The maximum Gasteiger partial charge on any atom is 0.338 e. The van der Waals surface area contributed by atoms with Crippen molar-refractivity contribution in [3.63, 3.8) is 0 Å². The van der Waals surface area contributed by atoms with Crippen LogP contribution in [0.1, 0.15) is 27.8 Å². The van der Waals surface area contributed by atoms with Crippen LogP contribution in [0.4, 0.5) is 0 Å². The summed E-state index contributed by atoms with van der Waals surface area (Å²) in [6.45, 7) is -0.0224. The number of para-hydroxylation sites is 2. The Bertz CT molecular complexity index is 1460. The fraction of sp³-hybridized carbons (Fsp3) is 0.0800. The van der Waals surface area contributed by atoms with Crippen LogP contribution in [0.2, 0.25) is 0 Å². The third kappa shape index (κ3) is 4.38. The van der Waals surface area contributed by atoms with Crippen molar-refractivity contribution in [1.82, 2.24) is 9.78 Å². The van der Waals surface area contributed by atoms with Gasteiger partial charge in [0.15, 0.2) is 6.04 Å². The largest absolute Gasteiger partial charge is 0.456 e. The van der Waals surface area contributed by atoms with Crippen molar-refractivity contribution < 1.29 is 14.3 Å². The Labute approximate surface area is 197 Å². The third-order valence-electron chi connectivity index (χ3n) is 5.13. The minimum atomic E-state index is -0.861. The first-order valence-electron chi connectivity index (χ1n) is 10.2. The molecule has 5 rings (SSSR count). The molecule has 1 amide bonds. The second-order valence-electron chi connectivity index (χ2n) is 7.36. The van der Waals surface area contributed by atoms with Crippen molar-refractivity contribution in [2.45, 2.75) is 12.6 Å². The second-order valence-corrected chi connectivity index (χ2v) is 8.28. The normalized spacial score (nSPS) is 14.7. The van der Waals surface area contributed by atoms with Gasteiger partial charge in [0.1, 0.15) is 6.61 Å². The Morgan fingerprint density at radius 3 is 2.39 bits per heavy atom. The van der Waals surface area contributed by atoms with Crippen molar-refractivity contribution in [2.24, 2.45) is 9.98 Å². The van der Waals surface area contributed by atoms with Crippen LogP contribution in [0.15, 0.2) is 99.4 Å². The number of hydrogen-bond donors (Lipinski definition) is 0. The van der Waals surface area contributed by atoms with Gasteiger partial charge in [0.25, 0.3) is 5.91 Å². The Morgan fingerprint density at radius 2 is 1.64 bits per heavy atom. The molecular weight excluding hydrogens is 484 g/mol. The average Bonchev–Trinajstić information content (AvgIpc) is 3.27. The van der Waals surface area contributed by atoms with Crippen molar-refractivity contribution in [3.05, 3.63) is 117 Å². The van der Waals surface area contributed by atoms with Crippen LogP contribution in [0.3, 0.4) is 0 Å². The van der Waals surface area contributed by atoms with Gasteiger partial charge in [-0.15, -0.1) is 0 Å². The zero-order valence-electron chi connectivity index (χ0n) is 17.3. The number of rotatable bonds is 5. The van der Waals surface area contributed by atoms with Crippen LogP contribution in [0.25, 0.3) is 5.69 Å². The Balaban J connectivity index is 1.51. The van der Waals surface area contributed by atoms with E-state index in [0.717, 1.165) is 10.2 Å². The van der Waals surface area contributed by atoms with Crippen molar-refractivity contribution >= 4 is 27.8 Å². The zero-order valence-corrected chi connectivity index (χ0v) is 18.8. The molecule has 1 aliphatic rings. The number of hydrogen-bond acceptors (Lipinski definition) is 5. The van der Waals surface area contributed by atoms with E-state index in [1.165, 1.54) is 0 Å². The van der Waals surface area contributed by atoms with Gasteiger partial charge in [-0.3, -0.25) is 9.79 Å². The van der Waals surface area contributed by atoms with Crippen LogP contribution in [0.5, 0.6) is 0 Å². The van der Waals surface area contributed by atoms with E-state index >= 15 is 0 Å². The van der Waals surface area contributed by atoms with E-state index in [4.69, 9.17) is 4.74 Å². The van der Waals surface area contributed by atoms with Crippen molar-refractivity contribution in [2.75, 3.05) is 0 Å². The summed E-state index contributed by atoms with van der Waals surface area (Å²) < 4.78 is 8.11. The van der Waals surface area contributed by atoms with Crippen LogP contribution < -0.4 is 10.7 Å². The Morgan fingerprint density at radius 1 is 0.939 bits per heavy atom. The van der Waals surface area contributed by atoms with Gasteiger partial charge in [-0.05, 0) is 54.6 Å². The summed E-state index contributed by atoms with van der Waals surface area (Å²) in [6.07, 6.45) is 0. The van der Waals surface area contributed by atoms with Gasteiger partial charge in [-0.1, -0.05) is 46.3 Å². The lowest BCUT2D eigenvalue weighted by Crippen LogP contribution is -2.33. The molecule has 1 aromatic heterocycles. The van der Waals surface area contributed by atoms with E-state index in [-0.39, 0.29) is 12.5 Å². The number of carbonyl (C=O) groups is 2. The first kappa shape index (κ1) is 21.0. The molecule has 162 valence electrons. The Hall–Kier alpha value is -3.91. The van der Waals surface area contributed by atoms with Gasteiger partial charge < -0.3 is 4.74 Å². The molecule has 33 heavy (non-hydrogen) atoms. The van der Waals surface area contributed by atoms with Crippen LogP contribution in [-0.2, 0) is 16.1 Å². The molecule has 0 saturated heterocycles. The fourth-order valence-corrected chi connectivity index (χ4v) is 3.78. The summed E-state index contributed by atoms with van der Waals surface area (Å²) in [5.74, 6) is -0.829. The molecule has 0 aliphatic carbocycles. The molecule has 0 fully saturated rings. The minimum Gasteiger partial charge on any atom is -0.456 e. The van der Waals surface area contributed by atoms with Gasteiger partial charge in [-0.2, -0.15) is 5.10 Å². The highest BCUT2D eigenvalue weighted by atomic mass is 79.9. The molecule has 1 atom stereocenters. The molecule has 0 spiro atoms. The molecule has 7 nitrogen and oxygen atoms in total. The van der Waals surface area contributed by atoms with Crippen molar-refractivity contribution in [1.29, 1.82) is 0 Å². The molecule has 1 aliphatic heterocycles. The number of halogens is 1. The lowest BCUT2D eigenvalue weighted by Gasteiger charge is -2.09. The highest BCUT2D eigenvalue weighted by Crippen LogP contribution is 2.23. The topological polar surface area (TPSA) is 85.9 Å². The number of nitrogens with zero attached hydrogens (tertiary/aromatic N) is 4. The highest BCUT2D eigenvalue weighted by molar-refractivity contribution is 9.10. The lowest BCUT2D eigenvalue weighted by atomic mass is 10.1. The molecular formula is C25H17BrN4O3. The van der Waals surface area contributed by atoms with Crippen molar-refractivity contribution in [3.8, 4) is 5.69 Å². The number of fused-ring (bicyclic) bond motifs is 1. The van der Waals surface area contributed by atoms with Crippen LogP contribution in [-0.4, -0.2) is 21.7 Å². The van der Waals surface area contributed by atoms with E-state index in [2.05, 4.69) is 31.0 Å². The summed E-state index contributed by atoms with van der Waals surface area (Å²) in [7, 11) is 0. The van der Waals surface area contributed by atoms with Crippen LogP contribution >= 0.6 is 15.9 Å². The molecule has 4 aromatic rings. The predicted molar refractivity (Wildman–Crippen MR) is 123 cm³/mol. The number of aromatic nitrogens is 2. The van der Waals surface area contributed by atoms with Gasteiger partial charge >= 0.3 is 5.97 Å². The summed E-state index contributed by atoms with van der Waals surface area (Å²) in [6, 6.07) is 24.4. The molecule has 0 bridgehead atoms.